The second-order valence-corrected chi connectivity index (χ2v) is 6.76. The Morgan fingerprint density at radius 3 is 2.68 bits per heavy atom. The standard InChI is InChI=1S/C19H27N3O3/c1-4-5-10-22-12-14(11-17(22)23)18(24)21-16-9-7-6-8-15(16)19(25)20-13(2)3/h6-9,13-14H,4-5,10-12H2,1-3H3,(H,20,25)(H,21,24)/t14-/m0/s1. The average Bonchev–Trinajstić information content (AvgIpc) is 2.93. The number of hydrogen-bond donors (Lipinski definition) is 2. The highest BCUT2D eigenvalue weighted by atomic mass is 16.2. The van der Waals surface area contributed by atoms with Gasteiger partial charge in [0.1, 0.15) is 0 Å². The number of unbranched alkanes of at least 4 members (excludes halogenated alkanes) is 1. The summed E-state index contributed by atoms with van der Waals surface area (Å²) in [6, 6.07) is 6.93. The fourth-order valence-corrected chi connectivity index (χ4v) is 2.88. The molecule has 6 heteroatoms. The molecule has 1 fully saturated rings. The Morgan fingerprint density at radius 1 is 1.28 bits per heavy atom. The topological polar surface area (TPSA) is 78.5 Å². The largest absolute Gasteiger partial charge is 0.350 e. The molecule has 1 aromatic rings. The first-order valence-electron chi connectivity index (χ1n) is 8.90. The molecule has 0 spiro atoms. The monoisotopic (exact) mass is 345 g/mol. The van der Waals surface area contributed by atoms with E-state index in [0.29, 0.717) is 24.3 Å². The first kappa shape index (κ1) is 19.0. The van der Waals surface area contributed by atoms with Crippen molar-refractivity contribution < 1.29 is 14.4 Å². The number of carbonyl (C=O) groups excluding carboxylic acids is 3. The van der Waals surface area contributed by atoms with Gasteiger partial charge in [-0.3, -0.25) is 14.4 Å². The molecule has 1 aromatic carbocycles. The summed E-state index contributed by atoms with van der Waals surface area (Å²) in [4.78, 5) is 38.6. The fourth-order valence-electron chi connectivity index (χ4n) is 2.88. The van der Waals surface area contributed by atoms with E-state index in [0.717, 1.165) is 12.8 Å². The van der Waals surface area contributed by atoms with Gasteiger partial charge in [-0.1, -0.05) is 25.5 Å². The van der Waals surface area contributed by atoms with Gasteiger partial charge in [-0.25, -0.2) is 0 Å². The lowest BCUT2D eigenvalue weighted by atomic mass is 10.1. The van der Waals surface area contributed by atoms with Crippen LogP contribution in [0.1, 0.15) is 50.4 Å². The molecule has 1 aliphatic rings. The predicted octanol–water partition coefficient (Wildman–Crippen LogP) is 2.41. The van der Waals surface area contributed by atoms with E-state index >= 15 is 0 Å². The van der Waals surface area contributed by atoms with Gasteiger partial charge in [-0.15, -0.1) is 0 Å². The van der Waals surface area contributed by atoms with Crippen molar-refractivity contribution in [2.45, 2.75) is 46.1 Å². The number of nitrogens with zero attached hydrogens (tertiary/aromatic N) is 1. The molecule has 0 bridgehead atoms. The first-order chi connectivity index (χ1) is 11.9. The molecule has 0 unspecified atom stereocenters. The number of likely N-dealkylation sites (tertiary alicyclic amines) is 1. The maximum atomic E-state index is 12.6. The van der Waals surface area contributed by atoms with Crippen LogP contribution >= 0.6 is 0 Å². The summed E-state index contributed by atoms with van der Waals surface area (Å²) in [6.07, 6.45) is 2.19. The number of para-hydroxylation sites is 1. The molecule has 2 rings (SSSR count). The smallest absolute Gasteiger partial charge is 0.253 e. The summed E-state index contributed by atoms with van der Waals surface area (Å²) in [5.74, 6) is -0.778. The van der Waals surface area contributed by atoms with E-state index in [4.69, 9.17) is 0 Å². The van der Waals surface area contributed by atoms with Gasteiger partial charge in [0.15, 0.2) is 0 Å². The minimum atomic E-state index is -0.370. The SMILES string of the molecule is CCCCN1C[C@@H](C(=O)Nc2ccccc2C(=O)NC(C)C)CC1=O. The van der Waals surface area contributed by atoms with E-state index in [1.54, 1.807) is 29.2 Å². The zero-order chi connectivity index (χ0) is 18.4. The van der Waals surface area contributed by atoms with Crippen molar-refractivity contribution in [1.82, 2.24) is 10.2 Å². The van der Waals surface area contributed by atoms with Crippen LogP contribution in [-0.2, 0) is 9.59 Å². The Bertz CT molecular complexity index is 643. The Morgan fingerprint density at radius 2 is 2.00 bits per heavy atom. The maximum absolute atomic E-state index is 12.6. The van der Waals surface area contributed by atoms with Crippen LogP contribution in [-0.4, -0.2) is 41.8 Å². The van der Waals surface area contributed by atoms with E-state index in [1.165, 1.54) is 0 Å². The highest BCUT2D eigenvalue weighted by Crippen LogP contribution is 2.22. The lowest BCUT2D eigenvalue weighted by Crippen LogP contribution is -2.32. The Labute approximate surface area is 149 Å². The third-order valence-electron chi connectivity index (χ3n) is 4.22. The normalized spacial score (nSPS) is 17.0. The summed E-state index contributed by atoms with van der Waals surface area (Å²) in [5.41, 5.74) is 0.904. The first-order valence-corrected chi connectivity index (χ1v) is 8.90. The molecular weight excluding hydrogens is 318 g/mol. The molecule has 6 nitrogen and oxygen atoms in total. The highest BCUT2D eigenvalue weighted by Gasteiger charge is 2.34. The van der Waals surface area contributed by atoms with Gasteiger partial charge >= 0.3 is 0 Å². The van der Waals surface area contributed by atoms with E-state index in [1.807, 2.05) is 13.8 Å². The minimum Gasteiger partial charge on any atom is -0.350 e. The molecule has 0 aliphatic carbocycles. The summed E-state index contributed by atoms with van der Waals surface area (Å²) in [5, 5.41) is 5.65. The molecule has 0 saturated carbocycles. The lowest BCUT2D eigenvalue weighted by Gasteiger charge is -2.17. The molecule has 2 N–H and O–H groups in total. The summed E-state index contributed by atoms with van der Waals surface area (Å²) in [7, 11) is 0. The molecule has 1 aliphatic heterocycles. The molecule has 1 saturated heterocycles. The molecule has 0 radical (unpaired) electrons. The van der Waals surface area contributed by atoms with E-state index in [-0.39, 0.29) is 36.1 Å². The summed E-state index contributed by atoms with van der Waals surface area (Å²) in [6.45, 7) is 6.99. The van der Waals surface area contributed by atoms with Crippen LogP contribution in [0.3, 0.4) is 0 Å². The summed E-state index contributed by atoms with van der Waals surface area (Å²) < 4.78 is 0. The average molecular weight is 345 g/mol. The number of nitrogens with one attached hydrogen (secondary N) is 2. The van der Waals surface area contributed by atoms with Crippen LogP contribution in [0.25, 0.3) is 0 Å². The fraction of sp³-hybridized carbons (Fsp3) is 0.526. The van der Waals surface area contributed by atoms with Crippen molar-refractivity contribution in [2.24, 2.45) is 5.92 Å². The van der Waals surface area contributed by atoms with Gasteiger partial charge in [0, 0.05) is 25.6 Å². The van der Waals surface area contributed by atoms with E-state index in [2.05, 4.69) is 17.6 Å². The number of benzene rings is 1. The zero-order valence-corrected chi connectivity index (χ0v) is 15.2. The lowest BCUT2D eigenvalue weighted by molar-refractivity contribution is -0.128. The van der Waals surface area contributed by atoms with E-state index in [9.17, 15) is 14.4 Å². The van der Waals surface area contributed by atoms with Crippen LogP contribution in [0, 0.1) is 5.92 Å². The van der Waals surface area contributed by atoms with Crippen molar-refractivity contribution in [2.75, 3.05) is 18.4 Å². The van der Waals surface area contributed by atoms with Crippen LogP contribution < -0.4 is 10.6 Å². The van der Waals surface area contributed by atoms with Crippen molar-refractivity contribution in [3.05, 3.63) is 29.8 Å². The number of anilines is 1. The van der Waals surface area contributed by atoms with Crippen molar-refractivity contribution in [3.8, 4) is 0 Å². The van der Waals surface area contributed by atoms with Gasteiger partial charge in [0.2, 0.25) is 11.8 Å². The number of hydrogen-bond acceptors (Lipinski definition) is 3. The van der Waals surface area contributed by atoms with Gasteiger partial charge in [-0.2, -0.15) is 0 Å². The second-order valence-electron chi connectivity index (χ2n) is 6.76. The van der Waals surface area contributed by atoms with Crippen molar-refractivity contribution >= 4 is 23.4 Å². The second kappa shape index (κ2) is 8.65. The molecule has 1 heterocycles. The molecule has 1 atom stereocenters. The Balaban J connectivity index is 2.04. The third-order valence-corrected chi connectivity index (χ3v) is 4.22. The van der Waals surface area contributed by atoms with Gasteiger partial charge in [0.25, 0.3) is 5.91 Å². The number of rotatable bonds is 7. The quantitative estimate of drug-likeness (QED) is 0.796. The van der Waals surface area contributed by atoms with Crippen LogP contribution in [0.15, 0.2) is 24.3 Å². The molecule has 25 heavy (non-hydrogen) atoms. The third kappa shape index (κ3) is 5.05. The van der Waals surface area contributed by atoms with Crippen LogP contribution in [0.2, 0.25) is 0 Å². The molecule has 3 amide bonds. The number of carbonyl (C=O) groups is 3. The van der Waals surface area contributed by atoms with Gasteiger partial charge in [0.05, 0.1) is 17.2 Å². The van der Waals surface area contributed by atoms with Gasteiger partial charge in [-0.05, 0) is 32.4 Å². The summed E-state index contributed by atoms with van der Waals surface area (Å²) >= 11 is 0. The predicted molar refractivity (Wildman–Crippen MR) is 97.3 cm³/mol. The minimum absolute atomic E-state index is 0.0100. The Hall–Kier alpha value is -2.37. The molecule has 136 valence electrons. The zero-order valence-electron chi connectivity index (χ0n) is 15.2. The highest BCUT2D eigenvalue weighted by molar-refractivity contribution is 6.05. The van der Waals surface area contributed by atoms with Crippen molar-refractivity contribution in [1.29, 1.82) is 0 Å². The van der Waals surface area contributed by atoms with Crippen molar-refractivity contribution in [3.63, 3.8) is 0 Å². The van der Waals surface area contributed by atoms with Gasteiger partial charge < -0.3 is 15.5 Å². The number of amides is 3. The van der Waals surface area contributed by atoms with Crippen LogP contribution in [0.4, 0.5) is 5.69 Å². The van der Waals surface area contributed by atoms with Crippen LogP contribution in [0.5, 0.6) is 0 Å². The maximum Gasteiger partial charge on any atom is 0.253 e. The molecular formula is C19H27N3O3. The molecule has 0 aromatic heterocycles. The van der Waals surface area contributed by atoms with E-state index < -0.39 is 0 Å². The Kier molecular flexibility index (Phi) is 6.56.